The van der Waals surface area contributed by atoms with Crippen LogP contribution in [0.1, 0.15) is 30.3 Å². The Bertz CT molecular complexity index is 870. The first kappa shape index (κ1) is 19.5. The van der Waals surface area contributed by atoms with E-state index in [4.69, 9.17) is 0 Å². The van der Waals surface area contributed by atoms with Gasteiger partial charge in [0.05, 0.1) is 17.7 Å². The number of thiophene rings is 1. The highest BCUT2D eigenvalue weighted by molar-refractivity contribution is 7.99. The summed E-state index contributed by atoms with van der Waals surface area (Å²) in [7, 11) is 1.51. The number of rotatable bonds is 6. The van der Waals surface area contributed by atoms with Gasteiger partial charge in [0.25, 0.3) is 5.56 Å². The Hall–Kier alpha value is -1.87. The van der Waals surface area contributed by atoms with E-state index in [0.717, 1.165) is 10.4 Å². The fraction of sp³-hybridized carbons (Fsp3) is 0.500. The van der Waals surface area contributed by atoms with Gasteiger partial charge in [-0.1, -0.05) is 11.8 Å². The van der Waals surface area contributed by atoms with Crippen molar-refractivity contribution >= 4 is 45.1 Å². The first-order chi connectivity index (χ1) is 11.8. The Morgan fingerprint density at radius 1 is 1.28 bits per heavy atom. The number of aryl methyl sites for hydroxylation is 2. The lowest BCUT2D eigenvalue weighted by atomic mass is 10.2. The molecule has 0 saturated carbocycles. The van der Waals surface area contributed by atoms with Crippen molar-refractivity contribution in [3.63, 3.8) is 0 Å². The van der Waals surface area contributed by atoms with Crippen LogP contribution in [0, 0.1) is 13.8 Å². The molecule has 2 aromatic rings. The molecule has 0 aliphatic heterocycles. The van der Waals surface area contributed by atoms with Gasteiger partial charge in [-0.25, -0.2) is 4.98 Å². The number of carbonyl (C=O) groups excluding carboxylic acids is 2. The van der Waals surface area contributed by atoms with Crippen LogP contribution in [0.5, 0.6) is 0 Å². The van der Waals surface area contributed by atoms with E-state index < -0.39 is 0 Å². The topological polar surface area (TPSA) is 93.1 Å². The molecule has 2 N–H and O–H groups in total. The van der Waals surface area contributed by atoms with Crippen LogP contribution >= 0.6 is 23.1 Å². The summed E-state index contributed by atoms with van der Waals surface area (Å²) in [5.41, 5.74) is 0.891. The van der Waals surface area contributed by atoms with Gasteiger partial charge in [-0.15, -0.1) is 11.3 Å². The van der Waals surface area contributed by atoms with Crippen LogP contribution in [0.2, 0.25) is 0 Å². The summed E-state index contributed by atoms with van der Waals surface area (Å²) in [6.07, 6.45) is 0. The zero-order valence-electron chi connectivity index (χ0n) is 14.9. The molecule has 25 heavy (non-hydrogen) atoms. The summed E-state index contributed by atoms with van der Waals surface area (Å²) in [6.45, 7) is 7.67. The van der Waals surface area contributed by atoms with E-state index in [9.17, 15) is 14.4 Å². The summed E-state index contributed by atoms with van der Waals surface area (Å²) < 4.78 is 1.62. The average molecular weight is 383 g/mol. The first-order valence-electron chi connectivity index (χ1n) is 7.88. The molecule has 7 nitrogen and oxygen atoms in total. The zero-order chi connectivity index (χ0) is 18.7. The molecule has 0 aliphatic rings. The number of hydrogen-bond acceptors (Lipinski definition) is 6. The molecule has 0 spiro atoms. The Balaban J connectivity index is 2.28. The molecule has 2 rings (SSSR count). The van der Waals surface area contributed by atoms with Gasteiger partial charge in [0.1, 0.15) is 4.83 Å². The summed E-state index contributed by atoms with van der Waals surface area (Å²) in [5, 5.41) is 6.14. The van der Waals surface area contributed by atoms with Crippen molar-refractivity contribution in [1.82, 2.24) is 20.2 Å². The van der Waals surface area contributed by atoms with Crippen molar-refractivity contribution in [1.29, 1.82) is 0 Å². The molecule has 0 atom stereocenters. The SMILES string of the molecule is CNC(=O)CNC(=O)CSc1nc2sc(C)c(C)c2c(=O)n1C(C)C. The molecule has 0 radical (unpaired) electrons. The third-order valence-electron chi connectivity index (χ3n) is 3.78. The average Bonchev–Trinajstić information content (AvgIpc) is 2.84. The second-order valence-corrected chi connectivity index (χ2v) is 8.01. The van der Waals surface area contributed by atoms with Crippen LogP contribution in [0.25, 0.3) is 10.2 Å². The van der Waals surface area contributed by atoms with Crippen LogP contribution in [0.3, 0.4) is 0 Å². The highest BCUT2D eigenvalue weighted by Gasteiger charge is 2.19. The van der Waals surface area contributed by atoms with Crippen LogP contribution < -0.4 is 16.2 Å². The largest absolute Gasteiger partial charge is 0.358 e. The van der Waals surface area contributed by atoms with Crippen molar-refractivity contribution in [3.8, 4) is 0 Å². The van der Waals surface area contributed by atoms with E-state index >= 15 is 0 Å². The summed E-state index contributed by atoms with van der Waals surface area (Å²) in [4.78, 5) is 42.3. The van der Waals surface area contributed by atoms with Gasteiger partial charge in [0, 0.05) is 18.0 Å². The minimum Gasteiger partial charge on any atom is -0.358 e. The van der Waals surface area contributed by atoms with Gasteiger partial charge < -0.3 is 10.6 Å². The molecule has 9 heteroatoms. The second kappa shape index (κ2) is 8.01. The van der Waals surface area contributed by atoms with E-state index in [0.29, 0.717) is 15.4 Å². The number of fused-ring (bicyclic) bond motifs is 1. The quantitative estimate of drug-likeness (QED) is 0.585. The Labute approximate surface area is 154 Å². The Morgan fingerprint density at radius 3 is 2.56 bits per heavy atom. The van der Waals surface area contributed by atoms with Crippen molar-refractivity contribution in [2.45, 2.75) is 38.9 Å². The number of carbonyl (C=O) groups is 2. The Kier molecular flexibility index (Phi) is 6.23. The number of nitrogens with zero attached hydrogens (tertiary/aromatic N) is 2. The normalized spacial score (nSPS) is 11.1. The van der Waals surface area contributed by atoms with Gasteiger partial charge >= 0.3 is 0 Å². The third kappa shape index (κ3) is 4.21. The fourth-order valence-electron chi connectivity index (χ4n) is 2.29. The van der Waals surface area contributed by atoms with Gasteiger partial charge in [0.2, 0.25) is 11.8 Å². The minimum absolute atomic E-state index is 0.0668. The molecule has 136 valence electrons. The zero-order valence-corrected chi connectivity index (χ0v) is 16.6. The number of hydrogen-bond donors (Lipinski definition) is 2. The minimum atomic E-state index is -0.281. The second-order valence-electron chi connectivity index (χ2n) is 5.87. The highest BCUT2D eigenvalue weighted by Crippen LogP contribution is 2.29. The molecule has 0 unspecified atom stereocenters. The predicted octanol–water partition coefficient (Wildman–Crippen LogP) is 1.61. The lowest BCUT2D eigenvalue weighted by Gasteiger charge is -2.15. The van der Waals surface area contributed by atoms with Crippen LogP contribution in [0.4, 0.5) is 0 Å². The van der Waals surface area contributed by atoms with Gasteiger partial charge in [-0.3, -0.25) is 19.0 Å². The molecular weight excluding hydrogens is 360 g/mol. The van der Waals surface area contributed by atoms with Crippen molar-refractivity contribution in [2.75, 3.05) is 19.3 Å². The molecule has 2 aromatic heterocycles. The summed E-state index contributed by atoms with van der Waals surface area (Å²) in [6, 6.07) is -0.0690. The van der Waals surface area contributed by atoms with E-state index in [-0.39, 0.29) is 35.7 Å². The third-order valence-corrected chi connectivity index (χ3v) is 5.83. The number of aromatic nitrogens is 2. The molecule has 0 saturated heterocycles. The lowest BCUT2D eigenvalue weighted by Crippen LogP contribution is -2.36. The van der Waals surface area contributed by atoms with Crippen molar-refractivity contribution in [2.24, 2.45) is 0 Å². The molecule has 2 amide bonds. The first-order valence-corrected chi connectivity index (χ1v) is 9.68. The monoisotopic (exact) mass is 382 g/mol. The molecule has 0 aromatic carbocycles. The van der Waals surface area contributed by atoms with Crippen LogP contribution in [-0.4, -0.2) is 40.7 Å². The summed E-state index contributed by atoms with van der Waals surface area (Å²) >= 11 is 2.69. The lowest BCUT2D eigenvalue weighted by molar-refractivity contribution is -0.124. The molecule has 2 heterocycles. The molecule has 0 bridgehead atoms. The van der Waals surface area contributed by atoms with Crippen LogP contribution in [-0.2, 0) is 9.59 Å². The van der Waals surface area contributed by atoms with Crippen molar-refractivity contribution in [3.05, 3.63) is 20.8 Å². The highest BCUT2D eigenvalue weighted by atomic mass is 32.2. The molecular formula is C16H22N4O3S2. The van der Waals surface area contributed by atoms with Crippen molar-refractivity contribution < 1.29 is 9.59 Å². The standard InChI is InChI=1S/C16H22N4O3S2/c1-8(2)20-15(23)13-9(3)10(4)25-14(13)19-16(20)24-7-12(22)18-6-11(21)17-5/h8H,6-7H2,1-5H3,(H,17,21)(H,18,22). The maximum absolute atomic E-state index is 12.9. The number of amides is 2. The number of likely N-dealkylation sites (N-methyl/N-ethyl adjacent to an activating group) is 1. The van der Waals surface area contributed by atoms with E-state index in [1.807, 2.05) is 27.7 Å². The van der Waals surface area contributed by atoms with Crippen LogP contribution in [0.15, 0.2) is 9.95 Å². The summed E-state index contributed by atoms with van der Waals surface area (Å²) in [5.74, 6) is -0.455. The smallest absolute Gasteiger partial charge is 0.263 e. The van der Waals surface area contributed by atoms with Gasteiger partial charge in [0.15, 0.2) is 5.16 Å². The number of nitrogens with one attached hydrogen (secondary N) is 2. The maximum Gasteiger partial charge on any atom is 0.263 e. The van der Waals surface area contributed by atoms with Gasteiger partial charge in [-0.05, 0) is 33.3 Å². The number of thioether (sulfide) groups is 1. The van der Waals surface area contributed by atoms with E-state index in [1.54, 1.807) is 4.57 Å². The maximum atomic E-state index is 12.9. The molecule has 0 aliphatic carbocycles. The van der Waals surface area contributed by atoms with E-state index in [1.165, 1.54) is 30.1 Å². The fourth-order valence-corrected chi connectivity index (χ4v) is 4.32. The molecule has 0 fully saturated rings. The van der Waals surface area contributed by atoms with E-state index in [2.05, 4.69) is 15.6 Å². The van der Waals surface area contributed by atoms with Gasteiger partial charge in [-0.2, -0.15) is 0 Å². The Morgan fingerprint density at radius 2 is 1.96 bits per heavy atom. The predicted molar refractivity (Wildman–Crippen MR) is 102 cm³/mol.